The van der Waals surface area contributed by atoms with Gasteiger partial charge in [-0.25, -0.2) is 0 Å². The molecule has 0 radical (unpaired) electrons. The molecule has 2 atom stereocenters. The Balaban J connectivity index is 2.11. The van der Waals surface area contributed by atoms with Crippen LogP contribution in [-0.2, 0) is 9.59 Å². The average molecular weight is 284 g/mol. The van der Waals surface area contributed by atoms with Crippen molar-refractivity contribution < 1.29 is 9.59 Å². The fraction of sp³-hybridized carbons (Fsp3) is 0.857. The maximum absolute atomic E-state index is 12.4. The molecule has 5 heteroatoms. The molecule has 2 aliphatic heterocycles. The summed E-state index contributed by atoms with van der Waals surface area (Å²) in [6.07, 6.45) is 2.32. The van der Waals surface area contributed by atoms with Crippen molar-refractivity contribution in [1.29, 1.82) is 0 Å². The zero-order valence-electron chi connectivity index (χ0n) is 12.0. The first kappa shape index (κ1) is 14.7. The molecule has 0 aromatic carbocycles. The molecule has 0 aromatic rings. The summed E-state index contributed by atoms with van der Waals surface area (Å²) in [5.41, 5.74) is 0. The van der Waals surface area contributed by atoms with E-state index < -0.39 is 0 Å². The molecule has 0 bridgehead atoms. The average Bonchev–Trinajstić information content (AvgIpc) is 2.36. The van der Waals surface area contributed by atoms with Crippen LogP contribution in [0.3, 0.4) is 0 Å². The number of carbonyl (C=O) groups is 2. The zero-order chi connectivity index (χ0) is 14.0. The van der Waals surface area contributed by atoms with Gasteiger partial charge in [0.05, 0.1) is 0 Å². The molecule has 2 unspecified atom stereocenters. The van der Waals surface area contributed by atoms with E-state index in [-0.39, 0.29) is 29.8 Å². The molecule has 2 fully saturated rings. The van der Waals surface area contributed by atoms with E-state index in [4.69, 9.17) is 0 Å². The van der Waals surface area contributed by atoms with Crippen molar-refractivity contribution in [1.82, 2.24) is 10.2 Å². The highest BCUT2D eigenvalue weighted by Gasteiger charge is 2.40. The van der Waals surface area contributed by atoms with E-state index in [1.807, 2.05) is 30.5 Å². The number of thioether (sulfide) groups is 1. The number of hydrogen-bond donors (Lipinski definition) is 1. The Morgan fingerprint density at radius 3 is 2.53 bits per heavy atom. The first-order valence-electron chi connectivity index (χ1n) is 7.19. The molecule has 2 rings (SSSR count). The quantitative estimate of drug-likeness (QED) is 0.854. The largest absolute Gasteiger partial charge is 0.343 e. The van der Waals surface area contributed by atoms with Gasteiger partial charge in [-0.05, 0) is 43.1 Å². The summed E-state index contributed by atoms with van der Waals surface area (Å²) < 4.78 is 0. The van der Waals surface area contributed by atoms with Gasteiger partial charge in [0.1, 0.15) is 12.1 Å². The van der Waals surface area contributed by atoms with Crippen LogP contribution in [0.5, 0.6) is 0 Å². The predicted octanol–water partition coefficient (Wildman–Crippen LogP) is 1.50. The van der Waals surface area contributed by atoms with Crippen LogP contribution in [0, 0.1) is 11.8 Å². The third kappa shape index (κ3) is 3.25. The third-order valence-corrected chi connectivity index (χ3v) is 5.09. The summed E-state index contributed by atoms with van der Waals surface area (Å²) in [4.78, 5) is 26.3. The predicted molar refractivity (Wildman–Crippen MR) is 78.0 cm³/mol. The van der Waals surface area contributed by atoms with Crippen LogP contribution in [0.1, 0.15) is 33.6 Å². The van der Waals surface area contributed by atoms with E-state index in [1.54, 1.807) is 6.92 Å². The van der Waals surface area contributed by atoms with Gasteiger partial charge < -0.3 is 10.2 Å². The van der Waals surface area contributed by atoms with Crippen molar-refractivity contribution in [3.05, 3.63) is 0 Å². The highest BCUT2D eigenvalue weighted by Crippen LogP contribution is 2.26. The summed E-state index contributed by atoms with van der Waals surface area (Å²) in [5, 5.41) is 2.79. The molecule has 19 heavy (non-hydrogen) atoms. The lowest BCUT2D eigenvalue weighted by Crippen LogP contribution is -2.64. The van der Waals surface area contributed by atoms with Crippen LogP contribution in [0.4, 0.5) is 0 Å². The minimum atomic E-state index is -0.375. The maximum atomic E-state index is 12.4. The third-order valence-electron chi connectivity index (χ3n) is 4.04. The van der Waals surface area contributed by atoms with Gasteiger partial charge in [-0.1, -0.05) is 13.8 Å². The van der Waals surface area contributed by atoms with Crippen molar-refractivity contribution in [3.63, 3.8) is 0 Å². The first-order valence-corrected chi connectivity index (χ1v) is 8.34. The Morgan fingerprint density at radius 2 is 1.95 bits per heavy atom. The molecule has 0 aliphatic carbocycles. The van der Waals surface area contributed by atoms with Crippen LogP contribution < -0.4 is 5.32 Å². The topological polar surface area (TPSA) is 49.4 Å². The van der Waals surface area contributed by atoms with Gasteiger partial charge in [0.15, 0.2) is 0 Å². The Labute approximate surface area is 119 Å². The maximum Gasteiger partial charge on any atom is 0.245 e. The van der Waals surface area contributed by atoms with E-state index in [9.17, 15) is 9.59 Å². The minimum absolute atomic E-state index is 0.00674. The van der Waals surface area contributed by atoms with Crippen LogP contribution in [0.25, 0.3) is 0 Å². The van der Waals surface area contributed by atoms with E-state index in [1.165, 1.54) is 11.5 Å². The molecule has 0 spiro atoms. The Morgan fingerprint density at radius 1 is 1.32 bits per heavy atom. The van der Waals surface area contributed by atoms with E-state index >= 15 is 0 Å². The standard InChI is InChI=1S/C14H24N2O2S/c1-9(2)12-13(17)15-10(3)14(18)16(12)8-11-4-6-19-7-5-11/h9-12H,4-8H2,1-3H3,(H,15,17). The molecule has 2 heterocycles. The molecular formula is C14H24N2O2S. The number of piperazine rings is 1. The molecule has 1 N–H and O–H groups in total. The molecule has 108 valence electrons. The van der Waals surface area contributed by atoms with Gasteiger partial charge in [-0.15, -0.1) is 0 Å². The SMILES string of the molecule is CC1NC(=O)C(C(C)C)N(CC2CCSCC2)C1=O. The minimum Gasteiger partial charge on any atom is -0.343 e. The van der Waals surface area contributed by atoms with Gasteiger partial charge in [0.25, 0.3) is 0 Å². The fourth-order valence-corrected chi connectivity index (χ4v) is 4.17. The monoisotopic (exact) mass is 284 g/mol. The van der Waals surface area contributed by atoms with Crippen LogP contribution in [0.2, 0.25) is 0 Å². The summed E-state index contributed by atoms with van der Waals surface area (Å²) in [6.45, 7) is 6.55. The van der Waals surface area contributed by atoms with E-state index in [0.717, 1.165) is 19.4 Å². The summed E-state index contributed by atoms with van der Waals surface area (Å²) >= 11 is 1.99. The lowest BCUT2D eigenvalue weighted by atomic mass is 9.94. The van der Waals surface area contributed by atoms with Crippen molar-refractivity contribution in [2.75, 3.05) is 18.1 Å². The normalized spacial score (nSPS) is 29.8. The van der Waals surface area contributed by atoms with E-state index in [2.05, 4.69) is 5.32 Å². The van der Waals surface area contributed by atoms with Gasteiger partial charge in [-0.2, -0.15) is 11.8 Å². The van der Waals surface area contributed by atoms with Gasteiger partial charge >= 0.3 is 0 Å². The van der Waals surface area contributed by atoms with Crippen LogP contribution in [-0.4, -0.2) is 46.8 Å². The lowest BCUT2D eigenvalue weighted by Gasteiger charge is -2.42. The second kappa shape index (κ2) is 6.16. The number of hydrogen-bond acceptors (Lipinski definition) is 3. The van der Waals surface area contributed by atoms with Gasteiger partial charge in [0, 0.05) is 6.54 Å². The van der Waals surface area contributed by atoms with Gasteiger partial charge in [0.2, 0.25) is 11.8 Å². The molecule has 2 saturated heterocycles. The summed E-state index contributed by atoms with van der Waals surface area (Å²) in [6, 6.07) is -0.668. The number of amides is 2. The second-order valence-corrected chi connectivity index (χ2v) is 7.19. The number of nitrogens with zero attached hydrogens (tertiary/aromatic N) is 1. The second-order valence-electron chi connectivity index (χ2n) is 5.97. The molecule has 4 nitrogen and oxygen atoms in total. The van der Waals surface area contributed by atoms with Crippen molar-refractivity contribution >= 4 is 23.6 Å². The lowest BCUT2D eigenvalue weighted by molar-refractivity contribution is -0.151. The van der Waals surface area contributed by atoms with Gasteiger partial charge in [-0.3, -0.25) is 9.59 Å². The molecule has 0 saturated carbocycles. The summed E-state index contributed by atoms with van der Waals surface area (Å²) in [5.74, 6) is 3.17. The highest BCUT2D eigenvalue weighted by atomic mass is 32.2. The molecule has 2 aliphatic rings. The first-order chi connectivity index (χ1) is 9.00. The summed E-state index contributed by atoms with van der Waals surface area (Å²) in [7, 11) is 0. The van der Waals surface area contributed by atoms with E-state index in [0.29, 0.717) is 5.92 Å². The van der Waals surface area contributed by atoms with Crippen molar-refractivity contribution in [3.8, 4) is 0 Å². The zero-order valence-corrected chi connectivity index (χ0v) is 12.8. The smallest absolute Gasteiger partial charge is 0.245 e. The number of rotatable bonds is 3. The molecule has 2 amide bonds. The Kier molecular flexibility index (Phi) is 4.76. The van der Waals surface area contributed by atoms with Crippen LogP contribution in [0.15, 0.2) is 0 Å². The number of carbonyl (C=O) groups excluding carboxylic acids is 2. The number of nitrogens with one attached hydrogen (secondary N) is 1. The molecular weight excluding hydrogens is 260 g/mol. The highest BCUT2D eigenvalue weighted by molar-refractivity contribution is 7.99. The Bertz CT molecular complexity index is 353. The molecule has 0 aromatic heterocycles. The van der Waals surface area contributed by atoms with Crippen LogP contribution >= 0.6 is 11.8 Å². The Hall–Kier alpha value is -0.710. The van der Waals surface area contributed by atoms with Crippen molar-refractivity contribution in [2.45, 2.75) is 45.7 Å². The van der Waals surface area contributed by atoms with Crippen molar-refractivity contribution in [2.24, 2.45) is 11.8 Å². The fourth-order valence-electron chi connectivity index (χ4n) is 2.96.